The number of carbonyl (C=O) groups is 3. The molecule has 7 heteroatoms. The molecule has 7 nitrogen and oxygen atoms in total. The molecule has 1 aliphatic rings. The number of alkyl carbamates (subject to hydrolysis) is 1. The number of carbonyl (C=O) groups excluding carboxylic acids is 3. The Morgan fingerprint density at radius 1 is 1.16 bits per heavy atom. The van der Waals surface area contributed by atoms with Crippen LogP contribution in [-0.4, -0.2) is 47.0 Å². The van der Waals surface area contributed by atoms with Gasteiger partial charge in [0.1, 0.15) is 17.7 Å². The highest BCUT2D eigenvalue weighted by Crippen LogP contribution is 2.41. The van der Waals surface area contributed by atoms with Crippen molar-refractivity contribution in [3.05, 3.63) is 35.4 Å². The molecule has 0 heterocycles. The number of terminal acetylenes is 1. The van der Waals surface area contributed by atoms with E-state index in [-0.39, 0.29) is 29.7 Å². The molecule has 1 aromatic rings. The molecular weight excluding hydrogens is 466 g/mol. The van der Waals surface area contributed by atoms with E-state index in [1.807, 2.05) is 26.0 Å². The zero-order valence-corrected chi connectivity index (χ0v) is 23.6. The van der Waals surface area contributed by atoms with Crippen molar-refractivity contribution in [3.8, 4) is 12.3 Å². The third-order valence-corrected chi connectivity index (χ3v) is 6.37. The van der Waals surface area contributed by atoms with Gasteiger partial charge in [-0.05, 0) is 69.6 Å². The second kappa shape index (κ2) is 13.5. The lowest BCUT2D eigenvalue weighted by Crippen LogP contribution is -2.54. The summed E-state index contributed by atoms with van der Waals surface area (Å²) in [5, 5.41) is 5.84. The zero-order chi connectivity index (χ0) is 27.8. The first kappa shape index (κ1) is 30.2. The quantitative estimate of drug-likeness (QED) is 0.299. The van der Waals surface area contributed by atoms with Crippen molar-refractivity contribution in [2.45, 2.75) is 104 Å². The summed E-state index contributed by atoms with van der Waals surface area (Å²) in [6.07, 6.45) is 9.06. The SMILES string of the molecule is C#Cc1ccc(C(C(=O)NCCCCC)N(C(=O)C(CC(C)C)NC(=O)OC(C)(C)C)C2CC2C)cc1. The molecular formula is C30H45N3O4. The van der Waals surface area contributed by atoms with E-state index in [1.54, 1.807) is 37.8 Å². The molecule has 1 fully saturated rings. The molecule has 2 N–H and O–H groups in total. The fourth-order valence-electron chi connectivity index (χ4n) is 4.38. The first-order valence-electron chi connectivity index (χ1n) is 13.5. The molecule has 37 heavy (non-hydrogen) atoms. The third kappa shape index (κ3) is 9.42. The van der Waals surface area contributed by atoms with Gasteiger partial charge in [0.15, 0.2) is 0 Å². The van der Waals surface area contributed by atoms with Crippen LogP contribution in [0.2, 0.25) is 0 Å². The average molecular weight is 512 g/mol. The predicted octanol–water partition coefficient (Wildman–Crippen LogP) is 5.19. The summed E-state index contributed by atoms with van der Waals surface area (Å²) in [5.41, 5.74) is 0.702. The number of benzene rings is 1. The lowest BCUT2D eigenvalue weighted by atomic mass is 9.98. The van der Waals surface area contributed by atoms with Crippen molar-refractivity contribution in [2.75, 3.05) is 6.54 Å². The van der Waals surface area contributed by atoms with Crippen molar-refractivity contribution in [1.29, 1.82) is 0 Å². The van der Waals surface area contributed by atoms with Gasteiger partial charge in [-0.2, -0.15) is 0 Å². The highest BCUT2D eigenvalue weighted by molar-refractivity contribution is 5.92. The molecule has 0 saturated heterocycles. The van der Waals surface area contributed by atoms with Crippen LogP contribution in [0.15, 0.2) is 24.3 Å². The van der Waals surface area contributed by atoms with Gasteiger partial charge in [-0.25, -0.2) is 4.79 Å². The molecule has 4 unspecified atom stereocenters. The Labute approximate surface area is 223 Å². The number of unbranched alkanes of at least 4 members (excludes halogenated alkanes) is 2. The van der Waals surface area contributed by atoms with Crippen molar-refractivity contribution in [3.63, 3.8) is 0 Å². The lowest BCUT2D eigenvalue weighted by Gasteiger charge is -2.35. The summed E-state index contributed by atoms with van der Waals surface area (Å²) in [4.78, 5) is 42.2. The topological polar surface area (TPSA) is 87.7 Å². The smallest absolute Gasteiger partial charge is 0.408 e. The van der Waals surface area contributed by atoms with Gasteiger partial charge in [0.25, 0.3) is 0 Å². The highest BCUT2D eigenvalue weighted by atomic mass is 16.6. The van der Waals surface area contributed by atoms with Crippen molar-refractivity contribution in [2.24, 2.45) is 11.8 Å². The Hall–Kier alpha value is -3.01. The fourth-order valence-corrected chi connectivity index (χ4v) is 4.38. The zero-order valence-electron chi connectivity index (χ0n) is 23.6. The van der Waals surface area contributed by atoms with E-state index in [2.05, 4.69) is 30.4 Å². The normalized spacial score (nSPS) is 18.4. The number of hydrogen-bond donors (Lipinski definition) is 2. The Kier molecular flexibility index (Phi) is 11.0. The largest absolute Gasteiger partial charge is 0.444 e. The molecule has 0 aromatic heterocycles. The van der Waals surface area contributed by atoms with E-state index in [4.69, 9.17) is 11.2 Å². The van der Waals surface area contributed by atoms with Gasteiger partial charge in [-0.3, -0.25) is 9.59 Å². The number of nitrogens with one attached hydrogen (secondary N) is 2. The van der Waals surface area contributed by atoms with Gasteiger partial charge in [-0.1, -0.05) is 58.6 Å². The summed E-state index contributed by atoms with van der Waals surface area (Å²) in [6.45, 7) is 14.1. The van der Waals surface area contributed by atoms with Crippen LogP contribution in [0.3, 0.4) is 0 Å². The number of hydrogen-bond acceptors (Lipinski definition) is 4. The van der Waals surface area contributed by atoms with Crippen molar-refractivity contribution in [1.82, 2.24) is 15.5 Å². The Morgan fingerprint density at radius 2 is 1.78 bits per heavy atom. The summed E-state index contributed by atoms with van der Waals surface area (Å²) < 4.78 is 5.45. The molecule has 0 spiro atoms. The van der Waals surface area contributed by atoms with E-state index in [1.165, 1.54) is 0 Å². The van der Waals surface area contributed by atoms with Crippen LogP contribution in [0.4, 0.5) is 4.79 Å². The fraction of sp³-hybridized carbons (Fsp3) is 0.633. The number of amides is 3. The minimum absolute atomic E-state index is 0.0960. The summed E-state index contributed by atoms with van der Waals surface area (Å²) in [6, 6.07) is 5.47. The van der Waals surface area contributed by atoms with Gasteiger partial charge in [-0.15, -0.1) is 6.42 Å². The maximum atomic E-state index is 14.2. The maximum Gasteiger partial charge on any atom is 0.408 e. The predicted molar refractivity (Wildman–Crippen MR) is 147 cm³/mol. The van der Waals surface area contributed by atoms with Gasteiger partial charge < -0.3 is 20.3 Å². The van der Waals surface area contributed by atoms with Gasteiger partial charge >= 0.3 is 6.09 Å². The molecule has 1 aliphatic carbocycles. The monoisotopic (exact) mass is 511 g/mol. The van der Waals surface area contributed by atoms with Crippen LogP contribution in [0.1, 0.15) is 97.7 Å². The van der Waals surface area contributed by atoms with Gasteiger partial charge in [0, 0.05) is 18.2 Å². The van der Waals surface area contributed by atoms with E-state index < -0.39 is 23.8 Å². The average Bonchev–Trinajstić information content (AvgIpc) is 3.53. The van der Waals surface area contributed by atoms with Crippen LogP contribution < -0.4 is 10.6 Å². The van der Waals surface area contributed by atoms with Crippen LogP contribution >= 0.6 is 0 Å². The number of rotatable bonds is 12. The summed E-state index contributed by atoms with van der Waals surface area (Å²) >= 11 is 0. The van der Waals surface area contributed by atoms with Crippen LogP contribution in [-0.2, 0) is 14.3 Å². The van der Waals surface area contributed by atoms with E-state index in [0.717, 1.165) is 25.7 Å². The molecule has 0 aliphatic heterocycles. The third-order valence-electron chi connectivity index (χ3n) is 6.37. The molecule has 4 atom stereocenters. The Bertz CT molecular complexity index is 959. The first-order valence-corrected chi connectivity index (χ1v) is 13.5. The summed E-state index contributed by atoms with van der Waals surface area (Å²) in [7, 11) is 0. The molecule has 1 saturated carbocycles. The van der Waals surface area contributed by atoms with Crippen LogP contribution in [0.5, 0.6) is 0 Å². The van der Waals surface area contributed by atoms with Crippen LogP contribution in [0, 0.1) is 24.2 Å². The maximum absolute atomic E-state index is 14.2. The number of ether oxygens (including phenoxy) is 1. The molecule has 3 amide bonds. The van der Waals surface area contributed by atoms with E-state index >= 15 is 0 Å². The number of nitrogens with zero attached hydrogens (tertiary/aromatic N) is 1. The molecule has 0 bridgehead atoms. The van der Waals surface area contributed by atoms with E-state index in [9.17, 15) is 14.4 Å². The second-order valence-electron chi connectivity index (χ2n) is 11.5. The second-order valence-corrected chi connectivity index (χ2v) is 11.5. The van der Waals surface area contributed by atoms with Gasteiger partial charge in [0.05, 0.1) is 0 Å². The van der Waals surface area contributed by atoms with Crippen molar-refractivity contribution >= 4 is 17.9 Å². The Balaban J connectivity index is 2.44. The summed E-state index contributed by atoms with van der Waals surface area (Å²) in [5.74, 6) is 2.50. The lowest BCUT2D eigenvalue weighted by molar-refractivity contribution is -0.143. The molecule has 0 radical (unpaired) electrons. The van der Waals surface area contributed by atoms with Crippen LogP contribution in [0.25, 0.3) is 0 Å². The Morgan fingerprint density at radius 3 is 2.27 bits per heavy atom. The molecule has 1 aromatic carbocycles. The first-order chi connectivity index (χ1) is 17.4. The molecule has 2 rings (SSSR count). The minimum atomic E-state index is -0.828. The minimum Gasteiger partial charge on any atom is -0.444 e. The standard InChI is InChI=1S/C30H45N3O4/c1-9-11-12-17-31-27(34)26(23-15-13-22(10-2)14-16-23)33(25-19-21(25)5)28(35)24(18-20(3)4)32-29(36)37-30(6,7)8/h2,13-16,20-21,24-26H,9,11-12,17-19H2,1,3-8H3,(H,31,34)(H,32,36). The molecule has 204 valence electrons. The van der Waals surface area contributed by atoms with Crippen molar-refractivity contribution < 1.29 is 19.1 Å². The highest BCUT2D eigenvalue weighted by Gasteiger charge is 2.48. The van der Waals surface area contributed by atoms with Gasteiger partial charge in [0.2, 0.25) is 11.8 Å². The van der Waals surface area contributed by atoms with E-state index in [0.29, 0.717) is 24.1 Å².